The predicted octanol–water partition coefficient (Wildman–Crippen LogP) is 2.26. The Morgan fingerprint density at radius 2 is 1.88 bits per heavy atom. The molecule has 1 aromatic carbocycles. The van der Waals surface area contributed by atoms with Crippen LogP contribution in [0.5, 0.6) is 0 Å². The van der Waals surface area contributed by atoms with Crippen molar-refractivity contribution in [2.24, 2.45) is 21.6 Å². The zero-order valence-corrected chi connectivity index (χ0v) is 16.7. The number of amidine groups is 1. The summed E-state index contributed by atoms with van der Waals surface area (Å²) in [7, 11) is 10.7. The Hall–Kier alpha value is -1.11. The zero-order valence-electron chi connectivity index (χ0n) is 15.1. The highest BCUT2D eigenvalue weighted by molar-refractivity contribution is 9.10. The van der Waals surface area contributed by atoms with Crippen molar-refractivity contribution in [2.45, 2.75) is 56.9 Å². The number of hydrogen-bond donors (Lipinski definition) is 2. The molecule has 8 heteroatoms. The van der Waals surface area contributed by atoms with Gasteiger partial charge in [-0.05, 0) is 57.2 Å². The summed E-state index contributed by atoms with van der Waals surface area (Å²) in [4.78, 5) is 9.75. The van der Waals surface area contributed by atoms with Gasteiger partial charge in [0.1, 0.15) is 21.5 Å². The average Bonchev–Trinajstić information content (AvgIpc) is 2.85. The predicted molar refractivity (Wildman–Crippen MR) is 109 cm³/mol. The normalized spacial score (nSPS) is 29.4. The molecule has 0 amide bonds. The molecule has 1 aliphatic carbocycles. The number of rotatable bonds is 4. The van der Waals surface area contributed by atoms with E-state index in [9.17, 15) is 5.11 Å². The van der Waals surface area contributed by atoms with Gasteiger partial charge in [0.2, 0.25) is 0 Å². The number of ether oxygens (including phenoxy) is 1. The third kappa shape index (κ3) is 3.92. The molecule has 0 spiro atoms. The molecule has 3 N–H and O–H groups in total. The molecule has 1 saturated carbocycles. The first kappa shape index (κ1) is 19.6. The van der Waals surface area contributed by atoms with Crippen LogP contribution in [-0.4, -0.2) is 44.0 Å². The monoisotopic (exact) mass is 413 g/mol. The molecular formula is C18H22B2BrN3O2. The Morgan fingerprint density at radius 3 is 2.42 bits per heavy atom. The summed E-state index contributed by atoms with van der Waals surface area (Å²) < 4.78 is 6.31. The van der Waals surface area contributed by atoms with E-state index in [2.05, 4.69) is 35.0 Å². The molecule has 1 aliphatic heterocycles. The van der Waals surface area contributed by atoms with Gasteiger partial charge in [0, 0.05) is 16.0 Å². The van der Waals surface area contributed by atoms with E-state index in [4.69, 9.17) is 36.1 Å². The van der Waals surface area contributed by atoms with Gasteiger partial charge in [-0.3, -0.25) is 4.99 Å². The van der Waals surface area contributed by atoms with Crippen LogP contribution in [0.25, 0.3) is 0 Å². The maximum absolute atomic E-state index is 9.48. The molecule has 3 rings (SSSR count). The molecule has 1 aromatic rings. The minimum absolute atomic E-state index is 0.176. The van der Waals surface area contributed by atoms with E-state index in [1.165, 1.54) is 0 Å². The molecule has 26 heavy (non-hydrogen) atoms. The van der Waals surface area contributed by atoms with Gasteiger partial charge in [0.25, 0.3) is 0 Å². The summed E-state index contributed by atoms with van der Waals surface area (Å²) >= 11 is 3.56. The number of hydrogen-bond acceptors (Lipinski definition) is 5. The number of nitrogens with zero attached hydrogens (tertiary/aromatic N) is 2. The highest BCUT2D eigenvalue weighted by Gasteiger charge is 2.46. The van der Waals surface area contributed by atoms with Crippen molar-refractivity contribution in [1.82, 2.24) is 0 Å². The SMILES string of the molecule is [B]C([B])(O)OC1CCC(C2(c3cc(Br)ccc3C)N=C(C)C(N)=N2)CC1. The van der Waals surface area contributed by atoms with Gasteiger partial charge < -0.3 is 15.6 Å². The van der Waals surface area contributed by atoms with Gasteiger partial charge in [0.15, 0.2) is 5.66 Å². The zero-order chi connectivity index (χ0) is 19.1. The topological polar surface area (TPSA) is 80.2 Å². The van der Waals surface area contributed by atoms with Crippen LogP contribution in [-0.2, 0) is 10.4 Å². The van der Waals surface area contributed by atoms with Crippen molar-refractivity contribution in [3.8, 4) is 0 Å². The van der Waals surface area contributed by atoms with E-state index in [-0.39, 0.29) is 12.0 Å². The largest absolute Gasteiger partial charge is 0.384 e. The van der Waals surface area contributed by atoms with Crippen LogP contribution >= 0.6 is 15.9 Å². The lowest BCUT2D eigenvalue weighted by atomic mass is 9.73. The van der Waals surface area contributed by atoms with E-state index < -0.39 is 11.2 Å². The van der Waals surface area contributed by atoms with Gasteiger partial charge in [0.05, 0.1) is 17.4 Å². The van der Waals surface area contributed by atoms with E-state index in [0.29, 0.717) is 5.84 Å². The van der Waals surface area contributed by atoms with Gasteiger partial charge in [-0.25, -0.2) is 4.99 Å². The quantitative estimate of drug-likeness (QED) is 0.587. The second-order valence-electron chi connectivity index (χ2n) is 7.22. The first-order valence-electron chi connectivity index (χ1n) is 8.77. The van der Waals surface area contributed by atoms with Gasteiger partial charge in [-0.2, -0.15) is 0 Å². The molecule has 5 nitrogen and oxygen atoms in total. The summed E-state index contributed by atoms with van der Waals surface area (Å²) in [5.74, 6) is 0.663. The van der Waals surface area contributed by atoms with Crippen molar-refractivity contribution >= 4 is 43.2 Å². The van der Waals surface area contributed by atoms with Crippen LogP contribution in [0.15, 0.2) is 32.7 Å². The second-order valence-corrected chi connectivity index (χ2v) is 8.14. The molecule has 1 unspecified atom stereocenters. The lowest BCUT2D eigenvalue weighted by molar-refractivity contribution is -0.129. The summed E-state index contributed by atoms with van der Waals surface area (Å²) in [6, 6.07) is 6.16. The van der Waals surface area contributed by atoms with E-state index in [1.54, 1.807) is 0 Å². The number of aryl methyl sites for hydroxylation is 1. The van der Waals surface area contributed by atoms with Crippen LogP contribution in [0, 0.1) is 12.8 Å². The first-order valence-corrected chi connectivity index (χ1v) is 9.57. The average molecular weight is 414 g/mol. The summed E-state index contributed by atoms with van der Waals surface area (Å²) in [5, 5.41) is 9.48. The number of aliphatic imine (C=N–C) groups is 2. The molecule has 1 atom stereocenters. The maximum Gasteiger partial charge on any atom is 0.181 e. The first-order chi connectivity index (χ1) is 12.1. The van der Waals surface area contributed by atoms with Crippen LogP contribution < -0.4 is 5.73 Å². The van der Waals surface area contributed by atoms with E-state index in [1.807, 2.05) is 13.0 Å². The number of benzene rings is 1. The Balaban J connectivity index is 1.92. The van der Waals surface area contributed by atoms with Crippen molar-refractivity contribution in [3.63, 3.8) is 0 Å². The van der Waals surface area contributed by atoms with Crippen molar-refractivity contribution in [3.05, 3.63) is 33.8 Å². The highest BCUT2D eigenvalue weighted by atomic mass is 79.9. The van der Waals surface area contributed by atoms with Gasteiger partial charge in [-0.1, -0.05) is 22.0 Å². The molecule has 134 valence electrons. The molecule has 0 bridgehead atoms. The van der Waals surface area contributed by atoms with Crippen LogP contribution in [0.1, 0.15) is 43.7 Å². The van der Waals surface area contributed by atoms with Crippen LogP contribution in [0.3, 0.4) is 0 Å². The minimum atomic E-state index is -2.10. The lowest BCUT2D eigenvalue weighted by Crippen LogP contribution is -2.41. The van der Waals surface area contributed by atoms with Crippen molar-refractivity contribution < 1.29 is 9.84 Å². The Labute approximate surface area is 165 Å². The Kier molecular flexibility index (Phi) is 5.39. The van der Waals surface area contributed by atoms with Crippen LogP contribution in [0.2, 0.25) is 0 Å². The van der Waals surface area contributed by atoms with E-state index >= 15 is 0 Å². The smallest absolute Gasteiger partial charge is 0.181 e. The summed E-state index contributed by atoms with van der Waals surface area (Å²) in [6.07, 6.45) is 2.90. The Morgan fingerprint density at radius 1 is 1.23 bits per heavy atom. The molecule has 1 fully saturated rings. The second kappa shape index (κ2) is 7.13. The molecular weight excluding hydrogens is 392 g/mol. The fraction of sp³-hybridized carbons (Fsp3) is 0.556. The molecule has 2 aliphatic rings. The van der Waals surface area contributed by atoms with Gasteiger partial charge >= 0.3 is 0 Å². The third-order valence-electron chi connectivity index (χ3n) is 5.19. The summed E-state index contributed by atoms with van der Waals surface area (Å²) in [5.41, 5.74) is 6.25. The molecule has 1 heterocycles. The van der Waals surface area contributed by atoms with E-state index in [0.717, 1.165) is 47.0 Å². The molecule has 0 aromatic heterocycles. The summed E-state index contributed by atoms with van der Waals surface area (Å²) in [6.45, 7) is 3.96. The fourth-order valence-electron chi connectivity index (χ4n) is 3.97. The van der Waals surface area contributed by atoms with Crippen molar-refractivity contribution in [2.75, 3.05) is 0 Å². The molecule has 4 radical (unpaired) electrons. The maximum atomic E-state index is 9.48. The Bertz CT molecular complexity index is 735. The number of nitrogens with two attached hydrogens (primary N) is 1. The van der Waals surface area contributed by atoms with Crippen molar-refractivity contribution in [1.29, 1.82) is 0 Å². The standard InChI is InChI=1S/C18H22B2BrN3O2/c1-10-3-6-13(21)9-15(10)17(23-11(2)16(22)24-17)12-4-7-14(8-5-12)26-18(19,20)25/h3,6,9,12,14,25H,4-5,7-8H2,1-2H3,(H2,22,24). The third-order valence-corrected chi connectivity index (χ3v) is 5.69. The fourth-order valence-corrected chi connectivity index (χ4v) is 4.33. The van der Waals surface area contributed by atoms with Gasteiger partial charge in [-0.15, -0.1) is 0 Å². The minimum Gasteiger partial charge on any atom is -0.384 e. The number of aliphatic hydroxyl groups is 1. The highest BCUT2D eigenvalue weighted by Crippen LogP contribution is 2.47. The molecule has 0 saturated heterocycles. The lowest BCUT2D eigenvalue weighted by Gasteiger charge is -2.40. The number of halogens is 1. The van der Waals surface area contributed by atoms with Crippen LogP contribution in [0.4, 0.5) is 0 Å².